The molecule has 0 radical (unpaired) electrons. The smallest absolute Gasteiger partial charge is 0.146 e. The highest BCUT2D eigenvalue weighted by Crippen LogP contribution is 2.25. The molecule has 0 fully saturated rings. The number of nitrogens with zero attached hydrogens (tertiary/aromatic N) is 1. The predicted molar refractivity (Wildman–Crippen MR) is 62.6 cm³/mol. The summed E-state index contributed by atoms with van der Waals surface area (Å²) >= 11 is 3.37. The molecule has 1 aromatic carbocycles. The molecular formula is C11H15BrFN. The number of rotatable bonds is 4. The fourth-order valence-electron chi connectivity index (χ4n) is 1.54. The molecule has 1 aromatic rings. The highest BCUT2D eigenvalue weighted by molar-refractivity contribution is 9.08. The van der Waals surface area contributed by atoms with Gasteiger partial charge in [0.2, 0.25) is 0 Å². The van der Waals surface area contributed by atoms with Crippen molar-refractivity contribution in [1.82, 2.24) is 0 Å². The Morgan fingerprint density at radius 1 is 1.43 bits per heavy atom. The van der Waals surface area contributed by atoms with Crippen molar-refractivity contribution >= 4 is 21.6 Å². The quantitative estimate of drug-likeness (QED) is 0.748. The third-order valence-electron chi connectivity index (χ3n) is 2.16. The van der Waals surface area contributed by atoms with Crippen molar-refractivity contribution in [1.29, 1.82) is 0 Å². The second-order valence-corrected chi connectivity index (χ2v) is 3.86. The molecule has 0 bridgehead atoms. The minimum absolute atomic E-state index is 0.141. The van der Waals surface area contributed by atoms with Gasteiger partial charge in [0.05, 0.1) is 5.69 Å². The van der Waals surface area contributed by atoms with Crippen molar-refractivity contribution in [3.05, 3.63) is 29.6 Å². The number of alkyl halides is 1. The van der Waals surface area contributed by atoms with Crippen molar-refractivity contribution in [2.45, 2.75) is 18.7 Å². The lowest BCUT2D eigenvalue weighted by Gasteiger charge is -2.21. The van der Waals surface area contributed by atoms with Crippen LogP contribution >= 0.6 is 15.9 Å². The van der Waals surface area contributed by atoms with Gasteiger partial charge < -0.3 is 4.90 Å². The first-order valence-corrected chi connectivity index (χ1v) is 5.87. The summed E-state index contributed by atoms with van der Waals surface area (Å²) < 4.78 is 13.5. The zero-order valence-electron chi connectivity index (χ0n) is 8.56. The first kappa shape index (κ1) is 11.5. The van der Waals surface area contributed by atoms with Crippen LogP contribution in [0.25, 0.3) is 0 Å². The van der Waals surface area contributed by atoms with Gasteiger partial charge in [-0.05, 0) is 18.1 Å². The van der Waals surface area contributed by atoms with Gasteiger partial charge in [0.25, 0.3) is 0 Å². The minimum atomic E-state index is -0.141. The molecule has 0 saturated carbocycles. The molecule has 0 unspecified atom stereocenters. The molecule has 1 nitrogen and oxygen atoms in total. The third kappa shape index (κ3) is 2.47. The summed E-state index contributed by atoms with van der Waals surface area (Å²) in [5.41, 5.74) is 1.71. The van der Waals surface area contributed by atoms with E-state index in [1.54, 1.807) is 6.07 Å². The highest BCUT2D eigenvalue weighted by Gasteiger charge is 2.10. The summed E-state index contributed by atoms with van der Waals surface area (Å²) in [4.78, 5) is 1.96. The lowest BCUT2D eigenvalue weighted by molar-refractivity contribution is 0.620. The van der Waals surface area contributed by atoms with Crippen LogP contribution in [0.1, 0.15) is 18.9 Å². The standard InChI is InChI=1S/C11H15BrFN/c1-3-7-14(2)11-9(8-12)5-4-6-10(11)13/h4-6H,3,7-8H2,1-2H3. The first-order chi connectivity index (χ1) is 6.70. The summed E-state index contributed by atoms with van der Waals surface area (Å²) in [6.07, 6.45) is 1.02. The maximum atomic E-state index is 13.5. The maximum absolute atomic E-state index is 13.5. The Morgan fingerprint density at radius 3 is 2.71 bits per heavy atom. The van der Waals surface area contributed by atoms with Crippen molar-refractivity contribution in [2.24, 2.45) is 0 Å². The molecule has 0 heterocycles. The van der Waals surface area contributed by atoms with Crippen LogP contribution in [-0.2, 0) is 5.33 Å². The fraction of sp³-hybridized carbons (Fsp3) is 0.455. The van der Waals surface area contributed by atoms with E-state index in [1.165, 1.54) is 6.07 Å². The zero-order valence-corrected chi connectivity index (χ0v) is 10.1. The molecule has 0 aliphatic carbocycles. The molecular weight excluding hydrogens is 245 g/mol. The van der Waals surface area contributed by atoms with E-state index in [4.69, 9.17) is 0 Å². The topological polar surface area (TPSA) is 3.24 Å². The molecule has 0 aliphatic heterocycles. The van der Waals surface area contributed by atoms with Crippen molar-refractivity contribution in [2.75, 3.05) is 18.5 Å². The minimum Gasteiger partial charge on any atom is -0.372 e. The van der Waals surface area contributed by atoms with Gasteiger partial charge in [-0.15, -0.1) is 0 Å². The van der Waals surface area contributed by atoms with E-state index < -0.39 is 0 Å². The Morgan fingerprint density at radius 2 is 2.14 bits per heavy atom. The van der Waals surface area contributed by atoms with Gasteiger partial charge in [0.15, 0.2) is 0 Å². The number of hydrogen-bond donors (Lipinski definition) is 0. The Balaban J connectivity index is 3.03. The second-order valence-electron chi connectivity index (χ2n) is 3.30. The number of benzene rings is 1. The van der Waals surface area contributed by atoms with E-state index in [0.717, 1.165) is 18.5 Å². The molecule has 14 heavy (non-hydrogen) atoms. The summed E-state index contributed by atoms with van der Waals surface area (Å²) in [5, 5.41) is 0.689. The normalized spacial score (nSPS) is 10.3. The molecule has 3 heteroatoms. The van der Waals surface area contributed by atoms with Gasteiger partial charge in [-0.25, -0.2) is 4.39 Å². The van der Waals surface area contributed by atoms with Crippen LogP contribution in [0.5, 0.6) is 0 Å². The monoisotopic (exact) mass is 259 g/mol. The molecule has 78 valence electrons. The summed E-state index contributed by atoms with van der Waals surface area (Å²) in [5.74, 6) is -0.141. The van der Waals surface area contributed by atoms with Gasteiger partial charge in [0, 0.05) is 18.9 Å². The van der Waals surface area contributed by atoms with E-state index in [9.17, 15) is 4.39 Å². The molecule has 0 amide bonds. The molecule has 0 N–H and O–H groups in total. The number of halogens is 2. The molecule has 1 rings (SSSR count). The average Bonchev–Trinajstić information content (AvgIpc) is 2.17. The Bertz CT molecular complexity index is 301. The predicted octanol–water partition coefficient (Wildman–Crippen LogP) is 3.57. The van der Waals surface area contributed by atoms with Crippen LogP contribution in [0.3, 0.4) is 0 Å². The number of anilines is 1. The van der Waals surface area contributed by atoms with Crippen LogP contribution in [0.4, 0.5) is 10.1 Å². The SMILES string of the molecule is CCCN(C)c1c(F)cccc1CBr. The maximum Gasteiger partial charge on any atom is 0.146 e. The van der Waals surface area contributed by atoms with Gasteiger partial charge in [-0.1, -0.05) is 35.0 Å². The number of para-hydroxylation sites is 1. The third-order valence-corrected chi connectivity index (χ3v) is 2.76. The van der Waals surface area contributed by atoms with Crippen LogP contribution in [0.2, 0.25) is 0 Å². The van der Waals surface area contributed by atoms with E-state index >= 15 is 0 Å². The lowest BCUT2D eigenvalue weighted by atomic mass is 10.1. The molecule has 0 aromatic heterocycles. The van der Waals surface area contributed by atoms with Gasteiger partial charge in [0.1, 0.15) is 5.82 Å². The number of hydrogen-bond acceptors (Lipinski definition) is 1. The molecule has 0 aliphatic rings. The van der Waals surface area contributed by atoms with E-state index in [0.29, 0.717) is 11.0 Å². The largest absolute Gasteiger partial charge is 0.372 e. The average molecular weight is 260 g/mol. The van der Waals surface area contributed by atoms with Crippen LogP contribution in [0.15, 0.2) is 18.2 Å². The van der Waals surface area contributed by atoms with Crippen molar-refractivity contribution < 1.29 is 4.39 Å². The highest BCUT2D eigenvalue weighted by atomic mass is 79.9. The molecule has 0 atom stereocenters. The fourth-order valence-corrected chi connectivity index (χ4v) is 2.00. The second kappa shape index (κ2) is 5.35. The summed E-state index contributed by atoms with van der Waals surface area (Å²) in [6.45, 7) is 2.96. The summed E-state index contributed by atoms with van der Waals surface area (Å²) in [7, 11) is 1.92. The van der Waals surface area contributed by atoms with E-state index in [1.807, 2.05) is 18.0 Å². The van der Waals surface area contributed by atoms with Crippen molar-refractivity contribution in [3.8, 4) is 0 Å². The van der Waals surface area contributed by atoms with Crippen molar-refractivity contribution in [3.63, 3.8) is 0 Å². The van der Waals surface area contributed by atoms with Crippen LogP contribution in [-0.4, -0.2) is 13.6 Å². The Kier molecular flexibility index (Phi) is 4.39. The first-order valence-electron chi connectivity index (χ1n) is 4.75. The van der Waals surface area contributed by atoms with E-state index in [2.05, 4.69) is 22.9 Å². The van der Waals surface area contributed by atoms with Gasteiger partial charge in [-0.2, -0.15) is 0 Å². The Labute approximate surface area is 93.0 Å². The summed E-state index contributed by atoms with van der Waals surface area (Å²) in [6, 6.07) is 5.20. The van der Waals surface area contributed by atoms with Crippen LogP contribution in [0, 0.1) is 5.82 Å². The lowest BCUT2D eigenvalue weighted by Crippen LogP contribution is -2.20. The molecule has 0 spiro atoms. The Hall–Kier alpha value is -0.570. The van der Waals surface area contributed by atoms with Gasteiger partial charge in [-0.3, -0.25) is 0 Å². The van der Waals surface area contributed by atoms with Gasteiger partial charge >= 0.3 is 0 Å². The van der Waals surface area contributed by atoms with Crippen LogP contribution < -0.4 is 4.90 Å². The van der Waals surface area contributed by atoms with E-state index in [-0.39, 0.29) is 5.82 Å². The zero-order chi connectivity index (χ0) is 10.6. The molecule has 0 saturated heterocycles.